The van der Waals surface area contributed by atoms with Gasteiger partial charge in [0.05, 0.1) is 0 Å². The molecule has 0 fully saturated rings. The first-order valence-corrected chi connectivity index (χ1v) is 6.35. The molecule has 1 N–H and O–H groups in total. The molecule has 1 aromatic rings. The van der Waals surface area contributed by atoms with Gasteiger partial charge in [-0.15, -0.1) is 0 Å². The lowest BCUT2D eigenvalue weighted by Gasteiger charge is -2.26. The number of pyridine rings is 1. The Hall–Kier alpha value is -0.930. The van der Waals surface area contributed by atoms with Crippen LogP contribution in [0.25, 0.3) is 0 Å². The number of nitrogens with one attached hydrogen (secondary N) is 1. The summed E-state index contributed by atoms with van der Waals surface area (Å²) in [6.07, 6.45) is 4.96. The van der Waals surface area contributed by atoms with Crippen LogP contribution in [0.5, 0.6) is 0 Å². The van der Waals surface area contributed by atoms with Crippen LogP contribution in [0.2, 0.25) is 0 Å². The molecule has 0 amide bonds. The fourth-order valence-corrected chi connectivity index (χ4v) is 1.91. The molecule has 0 saturated heterocycles. The first kappa shape index (κ1) is 14.1. The topological polar surface area (TPSA) is 28.2 Å². The van der Waals surface area contributed by atoms with E-state index in [1.54, 1.807) is 0 Å². The van der Waals surface area contributed by atoms with E-state index in [0.717, 1.165) is 19.0 Å². The Kier molecular flexibility index (Phi) is 6.16. The van der Waals surface area contributed by atoms with Crippen LogP contribution >= 0.6 is 0 Å². The van der Waals surface area contributed by atoms with Crippen molar-refractivity contribution in [3.05, 3.63) is 30.1 Å². The van der Waals surface area contributed by atoms with E-state index in [4.69, 9.17) is 0 Å². The molecule has 0 aliphatic rings. The molecule has 1 unspecified atom stereocenters. The standard InChI is InChI=1S/C14H25N3/c1-12(2)8-14(17(3)4)11-16-10-13-6-5-7-15-9-13/h5-7,9,12,14,16H,8,10-11H2,1-4H3. The van der Waals surface area contributed by atoms with Crippen LogP contribution in [0.3, 0.4) is 0 Å². The van der Waals surface area contributed by atoms with Gasteiger partial charge in [-0.2, -0.15) is 0 Å². The Balaban J connectivity index is 2.32. The Labute approximate surface area is 105 Å². The van der Waals surface area contributed by atoms with Gasteiger partial charge >= 0.3 is 0 Å². The Bertz CT molecular complexity index is 296. The number of hydrogen-bond acceptors (Lipinski definition) is 3. The minimum Gasteiger partial charge on any atom is -0.311 e. The second-order valence-corrected chi connectivity index (χ2v) is 5.24. The van der Waals surface area contributed by atoms with E-state index < -0.39 is 0 Å². The number of nitrogens with zero attached hydrogens (tertiary/aromatic N) is 2. The Morgan fingerprint density at radius 2 is 2.12 bits per heavy atom. The zero-order valence-electron chi connectivity index (χ0n) is 11.5. The second kappa shape index (κ2) is 7.41. The highest BCUT2D eigenvalue weighted by Gasteiger charge is 2.12. The van der Waals surface area contributed by atoms with E-state index in [-0.39, 0.29) is 0 Å². The summed E-state index contributed by atoms with van der Waals surface area (Å²) in [5, 5.41) is 3.51. The molecule has 0 aromatic carbocycles. The van der Waals surface area contributed by atoms with Crippen molar-refractivity contribution in [3.8, 4) is 0 Å². The van der Waals surface area contributed by atoms with Crippen LogP contribution in [0.4, 0.5) is 0 Å². The van der Waals surface area contributed by atoms with Crippen molar-refractivity contribution in [2.75, 3.05) is 20.6 Å². The predicted octanol–water partition coefficient (Wildman–Crippen LogP) is 2.15. The average molecular weight is 235 g/mol. The number of likely N-dealkylation sites (N-methyl/N-ethyl adjacent to an activating group) is 1. The zero-order chi connectivity index (χ0) is 12.7. The smallest absolute Gasteiger partial charge is 0.0312 e. The van der Waals surface area contributed by atoms with Crippen molar-refractivity contribution in [3.63, 3.8) is 0 Å². The lowest BCUT2D eigenvalue weighted by atomic mass is 10.0. The van der Waals surface area contributed by atoms with Crippen molar-refractivity contribution < 1.29 is 0 Å². The van der Waals surface area contributed by atoms with Gasteiger partial charge < -0.3 is 10.2 Å². The molecule has 17 heavy (non-hydrogen) atoms. The molecule has 0 saturated carbocycles. The van der Waals surface area contributed by atoms with Gasteiger partial charge in [-0.1, -0.05) is 19.9 Å². The van der Waals surface area contributed by atoms with Crippen molar-refractivity contribution in [2.24, 2.45) is 5.92 Å². The van der Waals surface area contributed by atoms with Crippen molar-refractivity contribution in [1.29, 1.82) is 0 Å². The van der Waals surface area contributed by atoms with E-state index >= 15 is 0 Å². The van der Waals surface area contributed by atoms with Crippen molar-refractivity contribution in [1.82, 2.24) is 15.2 Å². The largest absolute Gasteiger partial charge is 0.311 e. The summed E-state index contributed by atoms with van der Waals surface area (Å²) in [4.78, 5) is 6.42. The molecule has 1 rings (SSSR count). The molecular weight excluding hydrogens is 210 g/mol. The Morgan fingerprint density at radius 3 is 2.65 bits per heavy atom. The second-order valence-electron chi connectivity index (χ2n) is 5.24. The highest BCUT2D eigenvalue weighted by molar-refractivity contribution is 5.07. The van der Waals surface area contributed by atoms with E-state index in [2.05, 4.69) is 49.2 Å². The van der Waals surface area contributed by atoms with Crippen LogP contribution in [0.1, 0.15) is 25.8 Å². The molecular formula is C14H25N3. The maximum Gasteiger partial charge on any atom is 0.0312 e. The van der Waals surface area contributed by atoms with Crippen LogP contribution in [0, 0.1) is 5.92 Å². The molecule has 1 aromatic heterocycles. The summed E-state index contributed by atoms with van der Waals surface area (Å²) in [6.45, 7) is 6.48. The van der Waals surface area contributed by atoms with Gasteiger partial charge in [0, 0.05) is 31.5 Å². The summed E-state index contributed by atoms with van der Waals surface area (Å²) >= 11 is 0. The van der Waals surface area contributed by atoms with Gasteiger partial charge in [-0.05, 0) is 38.1 Å². The molecule has 1 atom stereocenters. The number of hydrogen-bond donors (Lipinski definition) is 1. The Morgan fingerprint density at radius 1 is 1.35 bits per heavy atom. The average Bonchev–Trinajstić information content (AvgIpc) is 2.28. The monoisotopic (exact) mass is 235 g/mol. The van der Waals surface area contributed by atoms with Gasteiger partial charge in [0.25, 0.3) is 0 Å². The minimum absolute atomic E-state index is 0.603. The van der Waals surface area contributed by atoms with Gasteiger partial charge in [-0.3, -0.25) is 4.98 Å². The summed E-state index contributed by atoms with van der Waals surface area (Å²) < 4.78 is 0. The number of rotatable bonds is 7. The molecule has 0 bridgehead atoms. The summed E-state index contributed by atoms with van der Waals surface area (Å²) in [7, 11) is 4.30. The predicted molar refractivity (Wildman–Crippen MR) is 72.9 cm³/mol. The van der Waals surface area contributed by atoms with Gasteiger partial charge in [0.15, 0.2) is 0 Å². The van der Waals surface area contributed by atoms with E-state index in [0.29, 0.717) is 6.04 Å². The fraction of sp³-hybridized carbons (Fsp3) is 0.643. The van der Waals surface area contributed by atoms with Gasteiger partial charge in [0.1, 0.15) is 0 Å². The third-order valence-corrected chi connectivity index (χ3v) is 2.91. The number of aromatic nitrogens is 1. The molecule has 0 spiro atoms. The lowest BCUT2D eigenvalue weighted by molar-refractivity contribution is 0.246. The summed E-state index contributed by atoms with van der Waals surface area (Å²) in [5.74, 6) is 0.739. The SMILES string of the molecule is CC(C)CC(CNCc1cccnc1)N(C)C. The highest BCUT2D eigenvalue weighted by Crippen LogP contribution is 2.08. The van der Waals surface area contributed by atoms with Crippen LogP contribution in [-0.2, 0) is 6.54 Å². The summed E-state index contributed by atoms with van der Waals surface area (Å²) in [5.41, 5.74) is 1.24. The van der Waals surface area contributed by atoms with E-state index in [1.807, 2.05) is 18.5 Å². The maximum absolute atomic E-state index is 4.12. The van der Waals surface area contributed by atoms with E-state index in [9.17, 15) is 0 Å². The third kappa shape index (κ3) is 5.80. The quantitative estimate of drug-likeness (QED) is 0.785. The zero-order valence-corrected chi connectivity index (χ0v) is 11.5. The maximum atomic E-state index is 4.12. The summed E-state index contributed by atoms with van der Waals surface area (Å²) in [6, 6.07) is 4.69. The van der Waals surface area contributed by atoms with Crippen LogP contribution < -0.4 is 5.32 Å². The first-order chi connectivity index (χ1) is 8.09. The first-order valence-electron chi connectivity index (χ1n) is 6.35. The molecule has 0 radical (unpaired) electrons. The lowest BCUT2D eigenvalue weighted by Crippen LogP contribution is -2.38. The molecule has 0 aliphatic heterocycles. The third-order valence-electron chi connectivity index (χ3n) is 2.91. The van der Waals surface area contributed by atoms with E-state index in [1.165, 1.54) is 12.0 Å². The molecule has 0 aliphatic carbocycles. The van der Waals surface area contributed by atoms with Gasteiger partial charge in [0.2, 0.25) is 0 Å². The molecule has 3 heteroatoms. The molecule has 96 valence electrons. The minimum atomic E-state index is 0.603. The van der Waals surface area contributed by atoms with Gasteiger partial charge in [-0.25, -0.2) is 0 Å². The fourth-order valence-electron chi connectivity index (χ4n) is 1.91. The molecule has 1 heterocycles. The van der Waals surface area contributed by atoms with Crippen LogP contribution in [0.15, 0.2) is 24.5 Å². The van der Waals surface area contributed by atoms with Crippen molar-refractivity contribution >= 4 is 0 Å². The van der Waals surface area contributed by atoms with Crippen LogP contribution in [-0.4, -0.2) is 36.6 Å². The molecule has 3 nitrogen and oxygen atoms in total. The van der Waals surface area contributed by atoms with Crippen molar-refractivity contribution in [2.45, 2.75) is 32.9 Å². The normalized spacial score (nSPS) is 13.3. The highest BCUT2D eigenvalue weighted by atomic mass is 15.1.